The lowest BCUT2D eigenvalue weighted by atomic mass is 9.95. The number of nitrogens with one attached hydrogen (secondary N) is 4. The number of H-pyrrole nitrogens is 1. The van der Waals surface area contributed by atoms with Gasteiger partial charge in [0.1, 0.15) is 17.7 Å². The highest BCUT2D eigenvalue weighted by Crippen LogP contribution is 2.32. The summed E-state index contributed by atoms with van der Waals surface area (Å²) in [6.45, 7) is 18.8. The van der Waals surface area contributed by atoms with E-state index in [1.165, 1.54) is 18.5 Å². The molecule has 3 aromatic heterocycles. The molecule has 63 heavy (non-hydrogen) atoms. The smallest absolute Gasteiger partial charge is 0.328 e. The lowest BCUT2D eigenvalue weighted by Gasteiger charge is -2.43. The van der Waals surface area contributed by atoms with Gasteiger partial charge in [0, 0.05) is 93.7 Å². The molecule has 0 bridgehead atoms. The Bertz CT molecular complexity index is 2440. The van der Waals surface area contributed by atoms with Crippen LogP contribution in [0.4, 0.5) is 16.2 Å². The van der Waals surface area contributed by atoms with Crippen LogP contribution >= 0.6 is 0 Å². The number of rotatable bonds is 10. The Hall–Kier alpha value is -5.78. The lowest BCUT2D eigenvalue weighted by molar-refractivity contribution is -0.120. The second-order valence-electron chi connectivity index (χ2n) is 18.7. The minimum Gasteiger partial charge on any atom is -0.372 e. The molecule has 0 spiro atoms. The van der Waals surface area contributed by atoms with Crippen molar-refractivity contribution in [2.24, 2.45) is 5.92 Å². The van der Waals surface area contributed by atoms with Gasteiger partial charge in [0.2, 0.25) is 11.8 Å². The summed E-state index contributed by atoms with van der Waals surface area (Å²) in [5, 5.41) is 13.1. The van der Waals surface area contributed by atoms with Gasteiger partial charge in [-0.2, -0.15) is 4.98 Å². The van der Waals surface area contributed by atoms with Gasteiger partial charge in [-0.3, -0.25) is 24.7 Å². The first-order valence-electron chi connectivity index (χ1n) is 22.5. The lowest BCUT2D eigenvalue weighted by Crippen LogP contribution is -2.55. The van der Waals surface area contributed by atoms with E-state index in [2.05, 4.69) is 73.9 Å². The number of aromatic nitrogens is 6. The fourth-order valence-corrected chi connectivity index (χ4v) is 9.59. The van der Waals surface area contributed by atoms with Gasteiger partial charge in [0.15, 0.2) is 5.65 Å². The van der Waals surface area contributed by atoms with E-state index < -0.39 is 0 Å². The fraction of sp³-hybridized carbons (Fsp3) is 0.522. The zero-order valence-electron chi connectivity index (χ0n) is 37.0. The molecule has 4 N–H and O–H groups in total. The topological polar surface area (TPSA) is 194 Å². The molecule has 7 heterocycles. The molecule has 0 saturated carbocycles. The number of urea groups is 1. The molecule has 4 fully saturated rings. The van der Waals surface area contributed by atoms with Crippen molar-refractivity contribution in [3.63, 3.8) is 0 Å². The maximum Gasteiger partial charge on any atom is 0.328 e. The SMILES string of the molecule is Cc1cc(-c2ncnc3nc(C4CCC(N5CCN(CC6CCN(c7ccc(N8CCC(=O)NC8=O)cc7)CC6)CC5)CN4)[nH]c23)ccc1[C@@H](C)NC(=O)c1noc(C(C)(C)C)n1. The quantitative estimate of drug-likeness (QED) is 0.142. The Morgan fingerprint density at radius 3 is 2.37 bits per heavy atom. The van der Waals surface area contributed by atoms with Gasteiger partial charge in [-0.25, -0.2) is 19.7 Å². The maximum absolute atomic E-state index is 13.0. The summed E-state index contributed by atoms with van der Waals surface area (Å²) < 4.78 is 5.32. The molecule has 0 radical (unpaired) electrons. The van der Waals surface area contributed by atoms with Crippen LogP contribution in [0.15, 0.2) is 53.3 Å². The maximum atomic E-state index is 13.0. The van der Waals surface area contributed by atoms with Crippen molar-refractivity contribution < 1.29 is 18.9 Å². The van der Waals surface area contributed by atoms with Crippen molar-refractivity contribution in [2.45, 2.75) is 90.3 Å². The fourth-order valence-electron chi connectivity index (χ4n) is 9.59. The largest absolute Gasteiger partial charge is 0.372 e. The molecule has 0 aliphatic carbocycles. The van der Waals surface area contributed by atoms with Crippen molar-refractivity contribution in [1.29, 1.82) is 0 Å². The van der Waals surface area contributed by atoms with Gasteiger partial charge in [0.05, 0.1) is 17.8 Å². The number of aryl methyl sites for hydroxylation is 1. The van der Waals surface area contributed by atoms with Crippen LogP contribution in [0.5, 0.6) is 0 Å². The Morgan fingerprint density at radius 2 is 1.68 bits per heavy atom. The highest BCUT2D eigenvalue weighted by Gasteiger charge is 2.32. The van der Waals surface area contributed by atoms with Crippen LogP contribution in [0.3, 0.4) is 0 Å². The van der Waals surface area contributed by atoms with Crippen molar-refractivity contribution in [3.8, 4) is 11.3 Å². The molecule has 4 aliphatic rings. The Balaban J connectivity index is 0.732. The van der Waals surface area contributed by atoms with Gasteiger partial charge in [0.25, 0.3) is 11.7 Å². The number of imide groups is 1. The molecule has 4 saturated heterocycles. The highest BCUT2D eigenvalue weighted by molar-refractivity contribution is 6.05. The van der Waals surface area contributed by atoms with Gasteiger partial charge in [-0.1, -0.05) is 38.1 Å². The first kappa shape index (κ1) is 42.5. The Morgan fingerprint density at radius 1 is 0.921 bits per heavy atom. The number of piperidine rings is 2. The van der Waals surface area contributed by atoms with E-state index in [4.69, 9.17) is 9.51 Å². The van der Waals surface area contributed by atoms with E-state index in [0.717, 1.165) is 105 Å². The number of piperazine rings is 1. The molecule has 17 nitrogen and oxygen atoms in total. The molecule has 2 aromatic carbocycles. The molecule has 4 amide bonds. The number of anilines is 2. The number of carbonyl (C=O) groups is 3. The minimum absolute atomic E-state index is 0.0241. The average Bonchev–Trinajstić information content (AvgIpc) is 3.97. The van der Waals surface area contributed by atoms with Crippen LogP contribution < -0.4 is 25.8 Å². The van der Waals surface area contributed by atoms with Crippen LogP contribution in [0.1, 0.15) is 105 Å². The average molecular weight is 858 g/mol. The van der Waals surface area contributed by atoms with Crippen LogP contribution in [-0.4, -0.2) is 123 Å². The Labute approximate surface area is 367 Å². The van der Waals surface area contributed by atoms with E-state index >= 15 is 0 Å². The Kier molecular flexibility index (Phi) is 12.0. The van der Waals surface area contributed by atoms with Gasteiger partial charge >= 0.3 is 6.03 Å². The molecule has 3 atom stereocenters. The number of fused-ring (bicyclic) bond motifs is 1. The normalized spacial score (nSPS) is 21.5. The monoisotopic (exact) mass is 857 g/mol. The molecular weight excluding hydrogens is 799 g/mol. The van der Waals surface area contributed by atoms with Crippen molar-refractivity contribution in [2.75, 3.05) is 68.7 Å². The number of benzene rings is 2. The predicted molar refractivity (Wildman–Crippen MR) is 239 cm³/mol. The molecule has 5 aromatic rings. The molecule has 9 rings (SSSR count). The summed E-state index contributed by atoms with van der Waals surface area (Å²) in [5.41, 5.74) is 6.87. The van der Waals surface area contributed by atoms with Crippen LogP contribution in [0.25, 0.3) is 22.4 Å². The van der Waals surface area contributed by atoms with Gasteiger partial charge in [-0.15, -0.1) is 0 Å². The van der Waals surface area contributed by atoms with Gasteiger partial charge in [-0.05, 0) is 86.9 Å². The number of aromatic amines is 1. The number of nitrogens with zero attached hydrogens (tertiary/aromatic N) is 9. The number of imidazole rings is 1. The minimum atomic E-state index is -0.382. The number of hydrogen-bond acceptors (Lipinski definition) is 13. The summed E-state index contributed by atoms with van der Waals surface area (Å²) in [7, 11) is 0. The third-order valence-corrected chi connectivity index (χ3v) is 13.3. The zero-order valence-corrected chi connectivity index (χ0v) is 37.0. The van der Waals surface area contributed by atoms with E-state index in [9.17, 15) is 14.4 Å². The second-order valence-corrected chi connectivity index (χ2v) is 18.7. The summed E-state index contributed by atoms with van der Waals surface area (Å²) in [6, 6.07) is 14.3. The molecule has 2 unspecified atom stereocenters. The van der Waals surface area contributed by atoms with Crippen LogP contribution in [-0.2, 0) is 10.2 Å². The molecule has 4 aliphatic heterocycles. The van der Waals surface area contributed by atoms with Crippen molar-refractivity contribution >= 4 is 40.4 Å². The van der Waals surface area contributed by atoms with Crippen molar-refractivity contribution in [3.05, 3.63) is 77.5 Å². The highest BCUT2D eigenvalue weighted by atomic mass is 16.5. The van der Waals surface area contributed by atoms with E-state index in [1.807, 2.05) is 58.9 Å². The van der Waals surface area contributed by atoms with Gasteiger partial charge < -0.3 is 29.9 Å². The summed E-state index contributed by atoms with van der Waals surface area (Å²) in [6.07, 6.45) is 6.35. The third kappa shape index (κ3) is 9.31. The first-order valence-corrected chi connectivity index (χ1v) is 22.5. The molecule has 332 valence electrons. The summed E-state index contributed by atoms with van der Waals surface area (Å²) in [5.74, 6) is 1.44. The van der Waals surface area contributed by atoms with E-state index in [1.54, 1.807) is 11.2 Å². The van der Waals surface area contributed by atoms with Crippen molar-refractivity contribution in [1.82, 2.24) is 55.8 Å². The molecular formula is C46H59N13O4. The summed E-state index contributed by atoms with van der Waals surface area (Å²) >= 11 is 0. The first-order chi connectivity index (χ1) is 30.4. The van der Waals surface area contributed by atoms with Crippen LogP contribution in [0, 0.1) is 12.8 Å². The number of hydrogen-bond donors (Lipinski definition) is 4. The zero-order chi connectivity index (χ0) is 43.8. The van der Waals surface area contributed by atoms with E-state index in [0.29, 0.717) is 36.5 Å². The van der Waals surface area contributed by atoms with E-state index in [-0.39, 0.29) is 41.2 Å². The third-order valence-electron chi connectivity index (χ3n) is 13.3. The van der Waals surface area contributed by atoms with Crippen LogP contribution in [0.2, 0.25) is 0 Å². The second kappa shape index (κ2) is 17.8. The standard InChI is InChI=1S/C46H59N13O4/c1-28-24-31(6-12-35(28)29(2)50-43(61)42-54-44(63-55-42)46(3,4)5)38-39-41(49-27-48-38)53-40(52-39)36-13-11-34(25-47-36)58-22-20-56(21-23-58)26-30-14-17-57(18-15-30)32-7-9-33(10-8-32)59-19-16-37(60)51-45(59)62/h6-10,12,24,27,29-30,34,36,47H,11,13-23,25-26H2,1-5H3,(H,50,61)(H,51,60,62)(H,48,49,52,53)/t29-,34?,36?/m1/s1. The number of carbonyl (C=O) groups excluding carboxylic acids is 3. The number of amides is 4. The summed E-state index contributed by atoms with van der Waals surface area (Å²) in [4.78, 5) is 68.2. The molecule has 17 heteroatoms. The predicted octanol–water partition coefficient (Wildman–Crippen LogP) is 5.27.